The molecule has 1 aromatic heterocycles. The first-order valence-electron chi connectivity index (χ1n) is 6.55. The van der Waals surface area contributed by atoms with Gasteiger partial charge in [0, 0.05) is 5.56 Å². The average molecular weight is 282 g/mol. The summed E-state index contributed by atoms with van der Waals surface area (Å²) < 4.78 is 0. The van der Waals surface area contributed by atoms with E-state index in [9.17, 15) is 0 Å². The third-order valence-corrected chi connectivity index (χ3v) is 4.32. The lowest BCUT2D eigenvalue weighted by Gasteiger charge is -2.10. The Morgan fingerprint density at radius 3 is 2.65 bits per heavy atom. The van der Waals surface area contributed by atoms with Crippen LogP contribution in [0.5, 0.6) is 0 Å². The highest BCUT2D eigenvalue weighted by molar-refractivity contribution is 6.35. The largest absolute Gasteiger partial charge is 0.382 e. The molecule has 0 atom stereocenters. The van der Waals surface area contributed by atoms with Gasteiger partial charge in [-0.2, -0.15) is 0 Å². The number of nitrogens with two attached hydrogens (primary N) is 1. The summed E-state index contributed by atoms with van der Waals surface area (Å²) in [5.74, 6) is 0.319. The molecule has 1 aliphatic carbocycles. The maximum atomic E-state index is 6.27. The Kier molecular flexibility index (Phi) is 2.44. The fourth-order valence-electron chi connectivity index (χ4n) is 3.02. The fraction of sp³-hybridized carbons (Fsp3) is 0.125. The van der Waals surface area contributed by atoms with E-state index in [1.165, 1.54) is 28.2 Å². The lowest BCUT2D eigenvalue weighted by atomic mass is 9.98. The molecule has 1 heterocycles. The number of aromatic nitrogens is 2. The highest BCUT2D eigenvalue weighted by Gasteiger charge is 2.18. The minimum Gasteiger partial charge on any atom is -0.382 e. The number of aryl methyl sites for hydroxylation is 2. The summed E-state index contributed by atoms with van der Waals surface area (Å²) in [5, 5.41) is 2.96. The standard InChI is InChI=1S/C16H12ClN3/c17-14-15(19-8-20-16(14)18)12-7-6-10-5-4-9-2-1-3-11(12)13(9)10/h1-3,6-8H,4-5H2,(H2,18,19,20). The van der Waals surface area contributed by atoms with Crippen LogP contribution in [0.1, 0.15) is 11.1 Å². The Morgan fingerprint density at radius 1 is 1.00 bits per heavy atom. The van der Waals surface area contributed by atoms with Gasteiger partial charge in [0.1, 0.15) is 17.2 Å². The Morgan fingerprint density at radius 2 is 1.80 bits per heavy atom. The van der Waals surface area contributed by atoms with E-state index in [1.807, 2.05) is 0 Å². The minimum atomic E-state index is 0.319. The molecule has 3 aromatic rings. The summed E-state index contributed by atoms with van der Waals surface area (Å²) >= 11 is 6.27. The first-order valence-corrected chi connectivity index (χ1v) is 6.93. The number of nitrogens with zero attached hydrogens (tertiary/aromatic N) is 2. The van der Waals surface area contributed by atoms with Crippen LogP contribution in [-0.4, -0.2) is 9.97 Å². The van der Waals surface area contributed by atoms with Crippen molar-refractivity contribution in [3.05, 3.63) is 52.8 Å². The van der Waals surface area contributed by atoms with Crippen molar-refractivity contribution in [2.45, 2.75) is 12.8 Å². The second-order valence-electron chi connectivity index (χ2n) is 5.03. The van der Waals surface area contributed by atoms with Crippen LogP contribution in [0.4, 0.5) is 5.82 Å². The van der Waals surface area contributed by atoms with E-state index in [-0.39, 0.29) is 0 Å². The Labute approximate surface area is 121 Å². The lowest BCUT2D eigenvalue weighted by Crippen LogP contribution is -1.96. The van der Waals surface area contributed by atoms with Gasteiger partial charge in [-0.05, 0) is 34.7 Å². The fourth-order valence-corrected chi connectivity index (χ4v) is 3.22. The molecule has 4 rings (SSSR count). The van der Waals surface area contributed by atoms with Crippen molar-refractivity contribution in [3.63, 3.8) is 0 Å². The molecule has 0 fully saturated rings. The second kappa shape index (κ2) is 4.18. The summed E-state index contributed by atoms with van der Waals surface area (Å²) in [6, 6.07) is 10.7. The van der Waals surface area contributed by atoms with Gasteiger partial charge in [-0.1, -0.05) is 41.9 Å². The molecular weight excluding hydrogens is 270 g/mol. The summed E-state index contributed by atoms with van der Waals surface area (Å²) in [6.45, 7) is 0. The van der Waals surface area contributed by atoms with Crippen LogP contribution in [-0.2, 0) is 12.8 Å². The van der Waals surface area contributed by atoms with Crippen molar-refractivity contribution in [1.82, 2.24) is 9.97 Å². The molecule has 0 amide bonds. The molecule has 0 bridgehead atoms. The van der Waals surface area contributed by atoms with Crippen molar-refractivity contribution in [2.24, 2.45) is 0 Å². The van der Waals surface area contributed by atoms with Gasteiger partial charge in [0.25, 0.3) is 0 Å². The second-order valence-corrected chi connectivity index (χ2v) is 5.41. The van der Waals surface area contributed by atoms with Gasteiger partial charge in [0.2, 0.25) is 0 Å². The molecular formula is C16H12ClN3. The average Bonchev–Trinajstić information content (AvgIpc) is 2.88. The third-order valence-electron chi connectivity index (χ3n) is 3.95. The van der Waals surface area contributed by atoms with E-state index in [0.29, 0.717) is 16.5 Å². The van der Waals surface area contributed by atoms with Crippen molar-refractivity contribution in [2.75, 3.05) is 5.73 Å². The SMILES string of the molecule is Nc1ncnc(-c2ccc3c4c(cccc24)CC3)c1Cl. The number of anilines is 1. The molecule has 0 spiro atoms. The van der Waals surface area contributed by atoms with E-state index in [2.05, 4.69) is 40.3 Å². The van der Waals surface area contributed by atoms with Gasteiger partial charge in [-0.15, -0.1) is 0 Å². The van der Waals surface area contributed by atoms with Crippen molar-refractivity contribution in [3.8, 4) is 11.3 Å². The van der Waals surface area contributed by atoms with Crippen LogP contribution < -0.4 is 5.73 Å². The molecule has 3 nitrogen and oxygen atoms in total. The molecule has 0 saturated heterocycles. The van der Waals surface area contributed by atoms with Crippen LogP contribution in [0.2, 0.25) is 5.02 Å². The number of nitrogen functional groups attached to an aromatic ring is 1. The Hall–Kier alpha value is -2.13. The molecule has 0 aliphatic heterocycles. The maximum absolute atomic E-state index is 6.27. The smallest absolute Gasteiger partial charge is 0.146 e. The predicted octanol–water partition coefficient (Wildman–Crippen LogP) is 3.63. The summed E-state index contributed by atoms with van der Waals surface area (Å²) in [4.78, 5) is 8.24. The number of hydrogen-bond donors (Lipinski definition) is 1. The van der Waals surface area contributed by atoms with Crippen molar-refractivity contribution < 1.29 is 0 Å². The van der Waals surface area contributed by atoms with Gasteiger partial charge in [-0.25, -0.2) is 9.97 Å². The minimum absolute atomic E-state index is 0.319. The zero-order chi connectivity index (χ0) is 13.7. The van der Waals surface area contributed by atoms with Gasteiger partial charge in [0.15, 0.2) is 0 Å². The van der Waals surface area contributed by atoms with Crippen LogP contribution in [0.15, 0.2) is 36.7 Å². The zero-order valence-corrected chi connectivity index (χ0v) is 11.5. The Bertz CT molecular complexity index is 832. The van der Waals surface area contributed by atoms with E-state index < -0.39 is 0 Å². The quantitative estimate of drug-likeness (QED) is 0.741. The number of rotatable bonds is 1. The molecule has 4 heteroatoms. The topological polar surface area (TPSA) is 51.8 Å². The van der Waals surface area contributed by atoms with Gasteiger partial charge in [0.05, 0.1) is 5.69 Å². The van der Waals surface area contributed by atoms with Crippen LogP contribution in [0, 0.1) is 0 Å². The number of hydrogen-bond acceptors (Lipinski definition) is 3. The molecule has 0 saturated carbocycles. The van der Waals surface area contributed by atoms with E-state index >= 15 is 0 Å². The molecule has 2 N–H and O–H groups in total. The maximum Gasteiger partial charge on any atom is 0.146 e. The molecule has 0 radical (unpaired) electrons. The predicted molar refractivity (Wildman–Crippen MR) is 81.8 cm³/mol. The number of halogens is 1. The molecule has 98 valence electrons. The van der Waals surface area contributed by atoms with E-state index in [0.717, 1.165) is 18.4 Å². The molecule has 2 aromatic carbocycles. The van der Waals surface area contributed by atoms with E-state index in [1.54, 1.807) is 0 Å². The summed E-state index contributed by atoms with van der Waals surface area (Å²) in [5.41, 5.74) is 10.3. The van der Waals surface area contributed by atoms with Crippen LogP contribution in [0.25, 0.3) is 22.0 Å². The zero-order valence-electron chi connectivity index (χ0n) is 10.7. The van der Waals surface area contributed by atoms with Gasteiger partial charge >= 0.3 is 0 Å². The third kappa shape index (κ3) is 1.53. The van der Waals surface area contributed by atoms with Crippen molar-refractivity contribution >= 4 is 28.2 Å². The summed E-state index contributed by atoms with van der Waals surface area (Å²) in [6.07, 6.45) is 3.67. The van der Waals surface area contributed by atoms with Crippen LogP contribution >= 0.6 is 11.6 Å². The first-order chi connectivity index (χ1) is 9.75. The van der Waals surface area contributed by atoms with Crippen molar-refractivity contribution in [1.29, 1.82) is 0 Å². The van der Waals surface area contributed by atoms with Crippen LogP contribution in [0.3, 0.4) is 0 Å². The molecule has 0 unspecified atom stereocenters. The summed E-state index contributed by atoms with van der Waals surface area (Å²) in [7, 11) is 0. The molecule has 1 aliphatic rings. The van der Waals surface area contributed by atoms with Gasteiger partial charge in [-0.3, -0.25) is 0 Å². The van der Waals surface area contributed by atoms with E-state index in [4.69, 9.17) is 17.3 Å². The highest BCUT2D eigenvalue weighted by atomic mass is 35.5. The highest BCUT2D eigenvalue weighted by Crippen LogP contribution is 2.39. The molecule has 20 heavy (non-hydrogen) atoms. The normalized spacial score (nSPS) is 13.1. The van der Waals surface area contributed by atoms with Gasteiger partial charge < -0.3 is 5.73 Å². The lowest BCUT2D eigenvalue weighted by molar-refractivity contribution is 1.02. The Balaban J connectivity index is 2.09. The number of benzene rings is 2. The first kappa shape index (κ1) is 11.7. The monoisotopic (exact) mass is 281 g/mol.